The van der Waals surface area contributed by atoms with Gasteiger partial charge in [0.05, 0.1) is 40.3 Å². The number of carbonyl (C=O) groups is 3. The monoisotopic (exact) mass is 870 g/mol. The first-order chi connectivity index (χ1) is 30.1. The van der Waals surface area contributed by atoms with E-state index in [2.05, 4.69) is 86.8 Å². The number of ether oxygens (including phenoxy) is 4. The summed E-state index contributed by atoms with van der Waals surface area (Å²) in [4.78, 5) is 37.0. The molecule has 0 aliphatic rings. The number of quaternary nitrogens is 1. The first-order valence-corrected chi connectivity index (χ1v) is 24.6. The lowest BCUT2D eigenvalue weighted by Gasteiger charge is -2.26. The number of likely N-dealkylation sites (N-methyl/N-ethyl adjacent to an activating group) is 1. The van der Waals surface area contributed by atoms with E-state index in [0.717, 1.165) is 103 Å². The smallest absolute Gasteiger partial charge is 0.306 e. The molecule has 0 spiro atoms. The molecule has 0 aromatic heterocycles. The van der Waals surface area contributed by atoms with Crippen LogP contribution in [0.15, 0.2) is 72.9 Å². The van der Waals surface area contributed by atoms with Crippen LogP contribution < -0.4 is 5.11 Å². The van der Waals surface area contributed by atoms with Gasteiger partial charge < -0.3 is 33.3 Å². The minimum absolute atomic E-state index is 0.143. The highest BCUT2D eigenvalue weighted by molar-refractivity contribution is 5.70. The fraction of sp³-hybridized carbons (Fsp3) is 0.717. The van der Waals surface area contributed by atoms with Gasteiger partial charge in [-0.1, -0.05) is 170 Å². The number of hydrogen-bond acceptors (Lipinski definition) is 8. The van der Waals surface area contributed by atoms with Crippen LogP contribution in [0.25, 0.3) is 0 Å². The Bertz CT molecular complexity index is 1240. The third-order valence-electron chi connectivity index (χ3n) is 10.2. The SMILES string of the molecule is CC/C=C\C/C=C\C/C=C\C/C=C\C/C=C\CCCCCCCCCCCCCC(=O)OC(COC(=O)CCCCCCC/C=C\CCC)COC(OCC[N+](C)(C)C)C(=O)[O-]. The van der Waals surface area contributed by atoms with Crippen LogP contribution in [0, 0.1) is 0 Å². The average Bonchev–Trinajstić information content (AvgIpc) is 3.23. The number of hydrogen-bond donors (Lipinski definition) is 0. The van der Waals surface area contributed by atoms with Crippen molar-refractivity contribution in [2.45, 2.75) is 200 Å². The van der Waals surface area contributed by atoms with Crippen molar-refractivity contribution in [3.05, 3.63) is 72.9 Å². The number of carboxylic acid groups (broad SMARTS) is 1. The molecule has 0 rings (SSSR count). The summed E-state index contributed by atoms with van der Waals surface area (Å²) in [5.74, 6) is -2.31. The Morgan fingerprint density at radius 2 is 0.919 bits per heavy atom. The van der Waals surface area contributed by atoms with Gasteiger partial charge in [-0.25, -0.2) is 0 Å². The normalized spacial score (nSPS) is 13.5. The van der Waals surface area contributed by atoms with Gasteiger partial charge in [-0.05, 0) is 77.0 Å². The van der Waals surface area contributed by atoms with Crippen molar-refractivity contribution in [3.8, 4) is 0 Å². The molecule has 0 heterocycles. The third-order valence-corrected chi connectivity index (χ3v) is 10.2. The molecule has 9 heteroatoms. The van der Waals surface area contributed by atoms with Crippen LogP contribution in [-0.2, 0) is 33.3 Å². The summed E-state index contributed by atoms with van der Waals surface area (Å²) in [6.07, 6.45) is 52.3. The maximum absolute atomic E-state index is 12.8. The fourth-order valence-corrected chi connectivity index (χ4v) is 6.39. The van der Waals surface area contributed by atoms with E-state index in [1.807, 2.05) is 21.1 Å². The highest BCUT2D eigenvalue weighted by Gasteiger charge is 2.21. The van der Waals surface area contributed by atoms with Gasteiger partial charge in [0.15, 0.2) is 12.4 Å². The molecule has 2 unspecified atom stereocenters. The summed E-state index contributed by atoms with van der Waals surface area (Å²) >= 11 is 0. The lowest BCUT2D eigenvalue weighted by molar-refractivity contribution is -0.870. The molecule has 2 atom stereocenters. The Kier molecular flexibility index (Phi) is 42.0. The second-order valence-corrected chi connectivity index (χ2v) is 17.4. The largest absolute Gasteiger partial charge is 0.545 e. The molecule has 0 saturated heterocycles. The van der Waals surface area contributed by atoms with Crippen LogP contribution in [0.5, 0.6) is 0 Å². The van der Waals surface area contributed by atoms with E-state index in [9.17, 15) is 19.5 Å². The van der Waals surface area contributed by atoms with E-state index in [0.29, 0.717) is 17.4 Å². The number of unbranched alkanes of at least 4 members (excludes halogenated alkanes) is 17. The molecule has 9 nitrogen and oxygen atoms in total. The number of carboxylic acids is 1. The molecule has 0 aliphatic carbocycles. The first kappa shape index (κ1) is 58.7. The summed E-state index contributed by atoms with van der Waals surface area (Å²) in [7, 11) is 5.90. The summed E-state index contributed by atoms with van der Waals surface area (Å²) in [6.45, 7) is 4.54. The van der Waals surface area contributed by atoms with Crippen LogP contribution in [0.1, 0.15) is 187 Å². The predicted octanol–water partition coefficient (Wildman–Crippen LogP) is 12.2. The quantitative estimate of drug-likeness (QED) is 0.0196. The van der Waals surface area contributed by atoms with Crippen LogP contribution in [-0.4, -0.2) is 82.3 Å². The zero-order valence-electron chi connectivity index (χ0n) is 40.2. The van der Waals surface area contributed by atoms with Crippen molar-refractivity contribution in [1.29, 1.82) is 0 Å². The summed E-state index contributed by atoms with van der Waals surface area (Å²) in [5, 5.41) is 11.7. The molecule has 62 heavy (non-hydrogen) atoms. The molecule has 0 saturated carbocycles. The van der Waals surface area contributed by atoms with E-state index in [1.54, 1.807) is 0 Å². The third kappa shape index (κ3) is 44.8. The molecule has 0 N–H and O–H groups in total. The zero-order chi connectivity index (χ0) is 45.6. The van der Waals surface area contributed by atoms with E-state index >= 15 is 0 Å². The van der Waals surface area contributed by atoms with Gasteiger partial charge in [-0.15, -0.1) is 0 Å². The van der Waals surface area contributed by atoms with Crippen LogP contribution >= 0.6 is 0 Å². The van der Waals surface area contributed by atoms with Crippen molar-refractivity contribution < 1.29 is 42.9 Å². The Balaban J connectivity index is 4.25. The minimum atomic E-state index is -1.62. The second-order valence-electron chi connectivity index (χ2n) is 17.4. The zero-order valence-corrected chi connectivity index (χ0v) is 40.2. The van der Waals surface area contributed by atoms with Gasteiger partial charge in [0.2, 0.25) is 0 Å². The molecule has 356 valence electrons. The summed E-state index contributed by atoms with van der Waals surface area (Å²) < 4.78 is 22.5. The molecule has 0 aliphatic heterocycles. The second kappa shape index (κ2) is 44.3. The minimum Gasteiger partial charge on any atom is -0.545 e. The average molecular weight is 870 g/mol. The maximum Gasteiger partial charge on any atom is 0.306 e. The van der Waals surface area contributed by atoms with Crippen LogP contribution in [0.3, 0.4) is 0 Å². The Hall–Kier alpha value is -3.27. The standard InChI is InChI=1S/C53H91NO8/c1-6-8-10-12-14-16-18-19-20-21-22-23-24-25-26-27-28-29-30-31-32-33-34-36-38-40-42-44-51(56)62-49(48-61-53(52(57)58)59-46-45-54(3,4)5)47-60-50(55)43-41-39-37-35-17-15-13-11-9-7-2/h8,10-11,13-14,16,19-20,22-23,25-26,49,53H,6-7,9,12,15,17-18,21,24,27-48H2,1-5H3/b10-8-,13-11-,16-14-,20-19-,23-22-,26-25-. The number of aliphatic carboxylic acids is 1. The van der Waals surface area contributed by atoms with Gasteiger partial charge in [0.1, 0.15) is 13.2 Å². The Labute approximate surface area is 379 Å². The van der Waals surface area contributed by atoms with E-state index in [1.165, 1.54) is 51.4 Å². The number of nitrogens with zero attached hydrogens (tertiary/aromatic N) is 1. The van der Waals surface area contributed by atoms with Gasteiger partial charge in [0, 0.05) is 12.8 Å². The van der Waals surface area contributed by atoms with Gasteiger partial charge >= 0.3 is 11.9 Å². The molecule has 0 radical (unpaired) electrons. The highest BCUT2D eigenvalue weighted by Crippen LogP contribution is 2.14. The number of allylic oxidation sites excluding steroid dienone is 12. The van der Waals surface area contributed by atoms with Gasteiger partial charge in [-0.3, -0.25) is 9.59 Å². The number of esters is 2. The van der Waals surface area contributed by atoms with E-state index in [4.69, 9.17) is 18.9 Å². The van der Waals surface area contributed by atoms with Crippen molar-refractivity contribution in [1.82, 2.24) is 0 Å². The molecule has 0 amide bonds. The topological polar surface area (TPSA) is 111 Å². The lowest BCUT2D eigenvalue weighted by atomic mass is 10.0. The van der Waals surface area contributed by atoms with E-state index < -0.39 is 24.3 Å². The molecule has 0 aromatic rings. The summed E-state index contributed by atoms with van der Waals surface area (Å²) in [5.41, 5.74) is 0. The number of rotatable bonds is 44. The van der Waals surface area contributed by atoms with Gasteiger partial charge in [-0.2, -0.15) is 0 Å². The van der Waals surface area contributed by atoms with Crippen LogP contribution in [0.4, 0.5) is 0 Å². The number of carbonyl (C=O) groups excluding carboxylic acids is 3. The summed E-state index contributed by atoms with van der Waals surface area (Å²) in [6, 6.07) is 0. The molecule has 0 bridgehead atoms. The molecule has 0 fully saturated rings. The fourth-order valence-electron chi connectivity index (χ4n) is 6.39. The predicted molar refractivity (Wildman–Crippen MR) is 255 cm³/mol. The van der Waals surface area contributed by atoms with Crippen molar-refractivity contribution >= 4 is 17.9 Å². The Morgan fingerprint density at radius 3 is 1.39 bits per heavy atom. The molecular formula is C53H91NO8. The first-order valence-electron chi connectivity index (χ1n) is 24.6. The molecule has 0 aromatic carbocycles. The van der Waals surface area contributed by atoms with Crippen LogP contribution in [0.2, 0.25) is 0 Å². The van der Waals surface area contributed by atoms with Gasteiger partial charge in [0.25, 0.3) is 0 Å². The molecular weight excluding hydrogens is 779 g/mol. The lowest BCUT2D eigenvalue weighted by Crippen LogP contribution is -2.44. The van der Waals surface area contributed by atoms with E-state index in [-0.39, 0.29) is 38.6 Å². The van der Waals surface area contributed by atoms with Crippen molar-refractivity contribution in [2.24, 2.45) is 0 Å². The Morgan fingerprint density at radius 1 is 0.500 bits per heavy atom. The maximum atomic E-state index is 12.8. The highest BCUT2D eigenvalue weighted by atomic mass is 16.7. The van der Waals surface area contributed by atoms with Crippen molar-refractivity contribution in [2.75, 3.05) is 47.5 Å². The van der Waals surface area contributed by atoms with Crippen molar-refractivity contribution in [3.63, 3.8) is 0 Å².